The Kier molecular flexibility index (Phi) is 4.02. The third-order valence-electron chi connectivity index (χ3n) is 3.96. The summed E-state index contributed by atoms with van der Waals surface area (Å²) >= 11 is 0. The van der Waals surface area contributed by atoms with Crippen LogP contribution in [0.15, 0.2) is 42.5 Å². The van der Waals surface area contributed by atoms with Crippen LogP contribution in [0.3, 0.4) is 0 Å². The van der Waals surface area contributed by atoms with Crippen molar-refractivity contribution in [1.29, 1.82) is 0 Å². The first-order valence-electron chi connectivity index (χ1n) is 7.39. The Bertz CT molecular complexity index is 647. The molecule has 0 aliphatic carbocycles. The third kappa shape index (κ3) is 3.14. The van der Waals surface area contributed by atoms with Crippen molar-refractivity contribution in [1.82, 2.24) is 10.6 Å². The van der Waals surface area contributed by atoms with Gasteiger partial charge in [-0.2, -0.15) is 0 Å². The molecule has 0 fully saturated rings. The molecule has 0 bridgehead atoms. The maximum absolute atomic E-state index is 12.4. The van der Waals surface area contributed by atoms with Crippen LogP contribution in [0.5, 0.6) is 0 Å². The summed E-state index contributed by atoms with van der Waals surface area (Å²) < 4.78 is 0. The number of rotatable bonds is 3. The van der Waals surface area contributed by atoms with Crippen LogP contribution in [-0.4, -0.2) is 12.5 Å². The van der Waals surface area contributed by atoms with Crippen molar-refractivity contribution in [3.63, 3.8) is 0 Å². The summed E-state index contributed by atoms with van der Waals surface area (Å²) in [6.07, 6.45) is 0.920. The molecule has 108 valence electrons. The molecule has 0 saturated heterocycles. The summed E-state index contributed by atoms with van der Waals surface area (Å²) in [4.78, 5) is 12.4. The second kappa shape index (κ2) is 6.10. The van der Waals surface area contributed by atoms with Crippen molar-refractivity contribution >= 4 is 5.91 Å². The minimum atomic E-state index is 0.0225. The van der Waals surface area contributed by atoms with Crippen LogP contribution in [0.2, 0.25) is 0 Å². The van der Waals surface area contributed by atoms with E-state index in [2.05, 4.69) is 47.9 Å². The molecular formula is C18H20N2O. The Balaban J connectivity index is 1.72. The maximum atomic E-state index is 12.4. The first-order valence-corrected chi connectivity index (χ1v) is 7.39. The summed E-state index contributed by atoms with van der Waals surface area (Å²) in [5.74, 6) is 0.0225. The second-order valence-corrected chi connectivity index (χ2v) is 5.54. The van der Waals surface area contributed by atoms with Crippen molar-refractivity contribution < 1.29 is 4.79 Å². The van der Waals surface area contributed by atoms with Crippen molar-refractivity contribution in [3.8, 4) is 0 Å². The van der Waals surface area contributed by atoms with Gasteiger partial charge in [-0.15, -0.1) is 0 Å². The number of nitrogens with one attached hydrogen (secondary N) is 2. The predicted octanol–water partition coefficient (Wildman–Crippen LogP) is 2.57. The lowest BCUT2D eigenvalue weighted by Gasteiger charge is -2.20. The minimum Gasteiger partial charge on any atom is -0.348 e. The average Bonchev–Trinajstić information content (AvgIpc) is 2.53. The second-order valence-electron chi connectivity index (χ2n) is 5.54. The largest absolute Gasteiger partial charge is 0.348 e. The van der Waals surface area contributed by atoms with E-state index in [0.717, 1.165) is 30.6 Å². The van der Waals surface area contributed by atoms with E-state index in [4.69, 9.17) is 0 Å². The van der Waals surface area contributed by atoms with Gasteiger partial charge in [0.15, 0.2) is 0 Å². The number of carbonyl (C=O) groups is 1. The van der Waals surface area contributed by atoms with Gasteiger partial charge in [-0.1, -0.05) is 42.0 Å². The van der Waals surface area contributed by atoms with Gasteiger partial charge in [0.25, 0.3) is 5.91 Å². The van der Waals surface area contributed by atoms with Crippen LogP contribution in [0, 0.1) is 6.92 Å². The van der Waals surface area contributed by atoms with Crippen molar-refractivity contribution in [2.24, 2.45) is 0 Å². The van der Waals surface area contributed by atoms with E-state index in [1.165, 1.54) is 16.7 Å². The molecule has 1 aliphatic heterocycles. The van der Waals surface area contributed by atoms with Crippen LogP contribution >= 0.6 is 0 Å². The zero-order chi connectivity index (χ0) is 14.7. The first-order chi connectivity index (χ1) is 10.2. The molecule has 0 spiro atoms. The number of fused-ring (bicyclic) bond motifs is 1. The van der Waals surface area contributed by atoms with Gasteiger partial charge in [0.05, 0.1) is 0 Å². The highest BCUT2D eigenvalue weighted by Gasteiger charge is 2.16. The van der Waals surface area contributed by atoms with Crippen molar-refractivity contribution in [2.45, 2.75) is 26.4 Å². The van der Waals surface area contributed by atoms with E-state index in [1.54, 1.807) is 0 Å². The number of amides is 1. The zero-order valence-electron chi connectivity index (χ0n) is 12.3. The smallest absolute Gasteiger partial charge is 0.251 e. The van der Waals surface area contributed by atoms with Crippen LogP contribution in [0.1, 0.15) is 32.6 Å². The zero-order valence-corrected chi connectivity index (χ0v) is 12.3. The summed E-state index contributed by atoms with van der Waals surface area (Å²) in [6.45, 7) is 4.43. The number of hydrogen-bond acceptors (Lipinski definition) is 2. The predicted molar refractivity (Wildman–Crippen MR) is 84.2 cm³/mol. The molecule has 3 heteroatoms. The third-order valence-corrected chi connectivity index (χ3v) is 3.96. The van der Waals surface area contributed by atoms with Gasteiger partial charge in [-0.05, 0) is 42.6 Å². The van der Waals surface area contributed by atoms with Gasteiger partial charge in [-0.25, -0.2) is 0 Å². The summed E-state index contributed by atoms with van der Waals surface area (Å²) in [7, 11) is 0. The Hall–Kier alpha value is -2.13. The van der Waals surface area contributed by atoms with E-state index in [-0.39, 0.29) is 5.91 Å². The van der Waals surface area contributed by atoms with E-state index in [9.17, 15) is 4.79 Å². The van der Waals surface area contributed by atoms with E-state index < -0.39 is 0 Å². The number of aryl methyl sites for hydroxylation is 1. The molecule has 1 aliphatic rings. The van der Waals surface area contributed by atoms with Gasteiger partial charge < -0.3 is 10.6 Å². The maximum Gasteiger partial charge on any atom is 0.251 e. The van der Waals surface area contributed by atoms with E-state index in [1.807, 2.05) is 12.1 Å². The van der Waals surface area contributed by atoms with E-state index in [0.29, 0.717) is 6.54 Å². The lowest BCUT2D eigenvalue weighted by atomic mass is 9.95. The van der Waals surface area contributed by atoms with Gasteiger partial charge in [0.2, 0.25) is 0 Å². The molecule has 1 amide bonds. The SMILES string of the molecule is Cc1ccc(CNC(=O)c2cccc3c2CCNC3)cc1. The molecule has 2 N–H and O–H groups in total. The van der Waals surface area contributed by atoms with Gasteiger partial charge in [0.1, 0.15) is 0 Å². The van der Waals surface area contributed by atoms with E-state index >= 15 is 0 Å². The Labute approximate surface area is 125 Å². The highest BCUT2D eigenvalue weighted by Crippen LogP contribution is 2.18. The molecule has 0 unspecified atom stereocenters. The monoisotopic (exact) mass is 280 g/mol. The first kappa shape index (κ1) is 13.8. The van der Waals surface area contributed by atoms with Gasteiger partial charge >= 0.3 is 0 Å². The lowest BCUT2D eigenvalue weighted by Crippen LogP contribution is -2.29. The molecule has 3 nitrogen and oxygen atoms in total. The van der Waals surface area contributed by atoms with Crippen molar-refractivity contribution in [3.05, 3.63) is 70.3 Å². The molecule has 21 heavy (non-hydrogen) atoms. The summed E-state index contributed by atoms with van der Waals surface area (Å²) in [6, 6.07) is 14.2. The Morgan fingerprint density at radius 1 is 1.19 bits per heavy atom. The van der Waals surface area contributed by atoms with Crippen molar-refractivity contribution in [2.75, 3.05) is 6.54 Å². The highest BCUT2D eigenvalue weighted by molar-refractivity contribution is 5.96. The Morgan fingerprint density at radius 3 is 2.81 bits per heavy atom. The quantitative estimate of drug-likeness (QED) is 0.907. The van der Waals surface area contributed by atoms with Crippen LogP contribution < -0.4 is 10.6 Å². The number of benzene rings is 2. The molecule has 2 aromatic carbocycles. The topological polar surface area (TPSA) is 41.1 Å². The Morgan fingerprint density at radius 2 is 2.00 bits per heavy atom. The standard InChI is InChI=1S/C18H20N2O/c1-13-5-7-14(8-6-13)11-20-18(21)17-4-2-3-15-12-19-10-9-16(15)17/h2-8,19H,9-12H2,1H3,(H,20,21). The number of carbonyl (C=O) groups excluding carboxylic acids is 1. The fraction of sp³-hybridized carbons (Fsp3) is 0.278. The molecule has 0 radical (unpaired) electrons. The number of hydrogen-bond donors (Lipinski definition) is 2. The molecular weight excluding hydrogens is 260 g/mol. The van der Waals surface area contributed by atoms with Crippen LogP contribution in [0.25, 0.3) is 0 Å². The fourth-order valence-electron chi connectivity index (χ4n) is 2.73. The molecule has 3 rings (SSSR count). The van der Waals surface area contributed by atoms with Crippen LogP contribution in [0.4, 0.5) is 0 Å². The fourth-order valence-corrected chi connectivity index (χ4v) is 2.73. The molecule has 2 aromatic rings. The lowest BCUT2D eigenvalue weighted by molar-refractivity contribution is 0.0949. The molecule has 0 atom stereocenters. The average molecular weight is 280 g/mol. The minimum absolute atomic E-state index is 0.0225. The van der Waals surface area contributed by atoms with Gasteiger partial charge in [-0.3, -0.25) is 4.79 Å². The molecule has 0 saturated carbocycles. The molecule has 1 heterocycles. The molecule has 0 aromatic heterocycles. The van der Waals surface area contributed by atoms with Crippen LogP contribution in [-0.2, 0) is 19.5 Å². The summed E-state index contributed by atoms with van der Waals surface area (Å²) in [5.41, 5.74) is 5.61. The normalized spacial score (nSPS) is 13.6. The van der Waals surface area contributed by atoms with Gasteiger partial charge in [0, 0.05) is 18.7 Å². The highest BCUT2D eigenvalue weighted by atomic mass is 16.1. The summed E-state index contributed by atoms with van der Waals surface area (Å²) in [5, 5.41) is 6.36.